The molecule has 0 bridgehead atoms. The third kappa shape index (κ3) is 3.49. The average molecular weight is 197 g/mol. The molecule has 1 nitrogen and oxygen atoms in total. The van der Waals surface area contributed by atoms with Gasteiger partial charge in [-0.25, -0.2) is 0 Å². The quantitative estimate of drug-likeness (QED) is 0.764. The van der Waals surface area contributed by atoms with Crippen LogP contribution in [0.4, 0.5) is 0 Å². The van der Waals surface area contributed by atoms with Crippen LogP contribution in [-0.2, 0) is 6.54 Å². The molecule has 0 unspecified atom stereocenters. The van der Waals surface area contributed by atoms with Gasteiger partial charge in [0, 0.05) is 17.5 Å². The van der Waals surface area contributed by atoms with Crippen LogP contribution in [-0.4, -0.2) is 6.04 Å². The van der Waals surface area contributed by atoms with Crippen molar-refractivity contribution in [2.45, 2.75) is 39.8 Å². The van der Waals surface area contributed by atoms with Gasteiger partial charge in [-0.1, -0.05) is 26.8 Å². The Kier molecular flexibility index (Phi) is 4.46. The minimum atomic E-state index is 0.655. The van der Waals surface area contributed by atoms with Crippen LogP contribution in [0.2, 0.25) is 0 Å². The van der Waals surface area contributed by atoms with Crippen molar-refractivity contribution in [3.63, 3.8) is 0 Å². The predicted molar refractivity (Wildman–Crippen MR) is 60.1 cm³/mol. The number of hydrogen-bond acceptors (Lipinski definition) is 2. The summed E-state index contributed by atoms with van der Waals surface area (Å²) >= 11 is 1.82. The molecule has 0 saturated carbocycles. The van der Waals surface area contributed by atoms with Gasteiger partial charge in [-0.05, 0) is 23.8 Å². The highest BCUT2D eigenvalue weighted by Crippen LogP contribution is 2.10. The van der Waals surface area contributed by atoms with E-state index >= 15 is 0 Å². The van der Waals surface area contributed by atoms with Crippen molar-refractivity contribution in [2.75, 3.05) is 0 Å². The van der Waals surface area contributed by atoms with Crippen LogP contribution in [0, 0.1) is 5.92 Å². The summed E-state index contributed by atoms with van der Waals surface area (Å²) in [7, 11) is 0. The number of nitrogens with one attached hydrogen (secondary N) is 1. The highest BCUT2D eigenvalue weighted by Gasteiger charge is 2.09. The van der Waals surface area contributed by atoms with Gasteiger partial charge in [0.05, 0.1) is 0 Å². The molecule has 1 N–H and O–H groups in total. The van der Waals surface area contributed by atoms with Crippen LogP contribution in [0.3, 0.4) is 0 Å². The highest BCUT2D eigenvalue weighted by atomic mass is 32.1. The molecule has 1 aromatic rings. The summed E-state index contributed by atoms with van der Waals surface area (Å²) in [6, 6.07) is 4.95. The molecule has 0 aromatic carbocycles. The zero-order valence-electron chi connectivity index (χ0n) is 8.71. The fourth-order valence-corrected chi connectivity index (χ4v) is 2.15. The molecule has 0 aliphatic heterocycles. The maximum absolute atomic E-state index is 3.58. The van der Waals surface area contributed by atoms with E-state index in [1.807, 2.05) is 11.3 Å². The number of hydrogen-bond donors (Lipinski definition) is 1. The molecule has 13 heavy (non-hydrogen) atoms. The third-order valence-corrected chi connectivity index (χ3v) is 3.24. The molecule has 0 saturated heterocycles. The molecule has 1 rings (SSSR count). The average Bonchev–Trinajstić information content (AvgIpc) is 2.57. The second-order valence-corrected chi connectivity index (χ2v) is 4.75. The molecule has 0 amide bonds. The minimum Gasteiger partial charge on any atom is -0.309 e. The Balaban J connectivity index is 2.32. The van der Waals surface area contributed by atoms with Crippen LogP contribution in [0.1, 0.15) is 32.1 Å². The van der Waals surface area contributed by atoms with Crippen molar-refractivity contribution in [1.82, 2.24) is 5.32 Å². The Morgan fingerprint density at radius 1 is 1.46 bits per heavy atom. The van der Waals surface area contributed by atoms with Crippen LogP contribution in [0.5, 0.6) is 0 Å². The summed E-state index contributed by atoms with van der Waals surface area (Å²) in [5.74, 6) is 0.727. The van der Waals surface area contributed by atoms with E-state index in [9.17, 15) is 0 Å². The number of rotatable bonds is 5. The molecule has 0 fully saturated rings. The molecule has 0 spiro atoms. The Hall–Kier alpha value is -0.340. The van der Waals surface area contributed by atoms with E-state index in [2.05, 4.69) is 43.6 Å². The van der Waals surface area contributed by atoms with Gasteiger partial charge < -0.3 is 5.32 Å². The lowest BCUT2D eigenvalue weighted by molar-refractivity contribution is 0.389. The summed E-state index contributed by atoms with van der Waals surface area (Å²) in [6.07, 6.45) is 1.21. The topological polar surface area (TPSA) is 12.0 Å². The molecule has 74 valence electrons. The van der Waals surface area contributed by atoms with E-state index < -0.39 is 0 Å². The Bertz CT molecular complexity index is 216. The predicted octanol–water partition coefficient (Wildman–Crippen LogP) is 3.27. The fraction of sp³-hybridized carbons (Fsp3) is 0.636. The van der Waals surface area contributed by atoms with Crippen molar-refractivity contribution >= 4 is 11.3 Å². The van der Waals surface area contributed by atoms with E-state index in [0.717, 1.165) is 12.5 Å². The molecular weight excluding hydrogens is 178 g/mol. The first-order chi connectivity index (χ1) is 6.24. The first-order valence-electron chi connectivity index (χ1n) is 4.99. The van der Waals surface area contributed by atoms with Crippen LogP contribution in [0.25, 0.3) is 0 Å². The largest absolute Gasteiger partial charge is 0.309 e. The summed E-state index contributed by atoms with van der Waals surface area (Å²) < 4.78 is 0. The lowest BCUT2D eigenvalue weighted by Gasteiger charge is -2.20. The summed E-state index contributed by atoms with van der Waals surface area (Å²) in [6.45, 7) is 7.81. The minimum absolute atomic E-state index is 0.655. The van der Waals surface area contributed by atoms with E-state index in [-0.39, 0.29) is 0 Å². The summed E-state index contributed by atoms with van der Waals surface area (Å²) in [5, 5.41) is 5.71. The second kappa shape index (κ2) is 5.40. The van der Waals surface area contributed by atoms with Gasteiger partial charge in [0.2, 0.25) is 0 Å². The van der Waals surface area contributed by atoms with Crippen molar-refractivity contribution < 1.29 is 0 Å². The summed E-state index contributed by atoms with van der Waals surface area (Å²) in [5.41, 5.74) is 0. The zero-order valence-corrected chi connectivity index (χ0v) is 9.53. The number of thiophene rings is 1. The molecular formula is C11H19NS. The van der Waals surface area contributed by atoms with Gasteiger partial charge >= 0.3 is 0 Å². The van der Waals surface area contributed by atoms with Crippen LogP contribution >= 0.6 is 11.3 Å². The Morgan fingerprint density at radius 3 is 2.69 bits per heavy atom. The molecule has 0 radical (unpaired) electrons. The van der Waals surface area contributed by atoms with E-state index in [0.29, 0.717) is 6.04 Å². The molecule has 1 aromatic heterocycles. The van der Waals surface area contributed by atoms with Crippen molar-refractivity contribution in [1.29, 1.82) is 0 Å². The van der Waals surface area contributed by atoms with Gasteiger partial charge in [-0.15, -0.1) is 11.3 Å². The van der Waals surface area contributed by atoms with Crippen molar-refractivity contribution in [3.8, 4) is 0 Å². The van der Waals surface area contributed by atoms with Gasteiger partial charge in [-0.3, -0.25) is 0 Å². The third-order valence-electron chi connectivity index (χ3n) is 2.36. The molecule has 0 aliphatic rings. The highest BCUT2D eigenvalue weighted by molar-refractivity contribution is 7.09. The normalized spacial score (nSPS) is 13.5. The fourth-order valence-electron chi connectivity index (χ4n) is 1.50. The van der Waals surface area contributed by atoms with Gasteiger partial charge in [-0.2, -0.15) is 0 Å². The Morgan fingerprint density at radius 2 is 2.23 bits per heavy atom. The maximum atomic E-state index is 3.58. The molecule has 2 heteroatoms. The molecule has 1 atom stereocenters. The second-order valence-electron chi connectivity index (χ2n) is 3.72. The first-order valence-corrected chi connectivity index (χ1v) is 5.87. The molecule has 0 aliphatic carbocycles. The summed E-state index contributed by atoms with van der Waals surface area (Å²) in [4.78, 5) is 1.43. The standard InChI is InChI=1S/C11H19NS/c1-4-11(9(2)3)12-8-10-6-5-7-13-10/h5-7,9,11-12H,4,8H2,1-3H3/t11-/m1/s1. The Labute approximate surface area is 85.2 Å². The van der Waals surface area contributed by atoms with Crippen LogP contribution < -0.4 is 5.32 Å². The van der Waals surface area contributed by atoms with Crippen molar-refractivity contribution in [2.24, 2.45) is 5.92 Å². The van der Waals surface area contributed by atoms with Gasteiger partial charge in [0.1, 0.15) is 0 Å². The maximum Gasteiger partial charge on any atom is 0.0302 e. The van der Waals surface area contributed by atoms with E-state index in [1.165, 1.54) is 11.3 Å². The first kappa shape index (κ1) is 10.7. The van der Waals surface area contributed by atoms with Gasteiger partial charge in [0.25, 0.3) is 0 Å². The lowest BCUT2D eigenvalue weighted by atomic mass is 10.0. The van der Waals surface area contributed by atoms with Crippen molar-refractivity contribution in [3.05, 3.63) is 22.4 Å². The van der Waals surface area contributed by atoms with Gasteiger partial charge in [0.15, 0.2) is 0 Å². The zero-order chi connectivity index (χ0) is 9.68. The van der Waals surface area contributed by atoms with E-state index in [4.69, 9.17) is 0 Å². The smallest absolute Gasteiger partial charge is 0.0302 e. The van der Waals surface area contributed by atoms with Crippen LogP contribution in [0.15, 0.2) is 17.5 Å². The SMILES string of the molecule is CC[C@@H](NCc1cccs1)C(C)C. The molecule has 1 heterocycles. The van der Waals surface area contributed by atoms with E-state index in [1.54, 1.807) is 0 Å². The monoisotopic (exact) mass is 197 g/mol. The lowest BCUT2D eigenvalue weighted by Crippen LogP contribution is -2.32.